The second-order valence-electron chi connectivity index (χ2n) is 6.15. The summed E-state index contributed by atoms with van der Waals surface area (Å²) >= 11 is 0. The smallest absolute Gasteiger partial charge is 0.226 e. The van der Waals surface area contributed by atoms with Crippen LogP contribution in [0.1, 0.15) is 6.42 Å². The highest BCUT2D eigenvalue weighted by Crippen LogP contribution is 2.26. The van der Waals surface area contributed by atoms with Crippen LogP contribution in [-0.4, -0.2) is 58.1 Å². The maximum Gasteiger partial charge on any atom is 0.226 e. The van der Waals surface area contributed by atoms with Gasteiger partial charge < -0.3 is 20.1 Å². The topological polar surface area (TPSA) is 85.9 Å². The molecule has 0 aliphatic carbocycles. The number of aromatic amines is 1. The summed E-state index contributed by atoms with van der Waals surface area (Å²) < 4.78 is 0. The van der Waals surface area contributed by atoms with Crippen LogP contribution in [0.2, 0.25) is 0 Å². The third-order valence-corrected chi connectivity index (χ3v) is 4.22. The van der Waals surface area contributed by atoms with Crippen molar-refractivity contribution in [2.24, 2.45) is 0 Å². The number of fused-ring (bicyclic) bond motifs is 1. The van der Waals surface area contributed by atoms with E-state index in [1.807, 2.05) is 37.3 Å². The normalized spacial score (nSPS) is 17.4. The Morgan fingerprint density at radius 1 is 1.25 bits per heavy atom. The van der Waals surface area contributed by atoms with Gasteiger partial charge in [-0.3, -0.25) is 0 Å². The Bertz CT molecular complexity index is 843. The Hall–Kier alpha value is -2.90. The monoisotopic (exact) mass is 324 g/mol. The molecule has 0 spiro atoms. The molecule has 0 bridgehead atoms. The van der Waals surface area contributed by atoms with Gasteiger partial charge in [0, 0.05) is 45.6 Å². The van der Waals surface area contributed by atoms with E-state index in [4.69, 9.17) is 0 Å². The third kappa shape index (κ3) is 2.70. The molecule has 0 saturated carbocycles. The van der Waals surface area contributed by atoms with Gasteiger partial charge in [-0.2, -0.15) is 4.98 Å². The van der Waals surface area contributed by atoms with E-state index in [-0.39, 0.29) is 0 Å². The maximum absolute atomic E-state index is 4.53. The van der Waals surface area contributed by atoms with E-state index in [2.05, 4.69) is 35.1 Å². The zero-order chi connectivity index (χ0) is 16.5. The van der Waals surface area contributed by atoms with Gasteiger partial charge in [0.05, 0.1) is 5.39 Å². The number of rotatable bonds is 4. The lowest BCUT2D eigenvalue weighted by atomic mass is 10.2. The summed E-state index contributed by atoms with van der Waals surface area (Å²) in [6.07, 6.45) is 6.34. The van der Waals surface area contributed by atoms with Crippen LogP contribution < -0.4 is 15.1 Å². The molecule has 4 rings (SSSR count). The molecule has 1 aliphatic rings. The van der Waals surface area contributed by atoms with Crippen molar-refractivity contribution < 1.29 is 0 Å². The average molecular weight is 324 g/mol. The van der Waals surface area contributed by atoms with Crippen molar-refractivity contribution in [1.29, 1.82) is 0 Å². The Balaban J connectivity index is 1.49. The number of aromatic nitrogens is 5. The minimum atomic E-state index is 0.332. The largest absolute Gasteiger partial charge is 0.365 e. The second kappa shape index (κ2) is 5.95. The Kier molecular flexibility index (Phi) is 3.64. The number of H-pyrrole nitrogens is 1. The van der Waals surface area contributed by atoms with Gasteiger partial charge in [0.25, 0.3) is 0 Å². The SMILES string of the molecule is CN(C)c1nccc(NC2CCN(c3ncnc4[nH]ccc34)C2)n1. The first-order chi connectivity index (χ1) is 11.7. The number of nitrogens with zero attached hydrogens (tertiary/aromatic N) is 6. The molecule has 124 valence electrons. The molecule has 3 aromatic rings. The van der Waals surface area contributed by atoms with Crippen LogP contribution >= 0.6 is 0 Å². The molecule has 1 fully saturated rings. The van der Waals surface area contributed by atoms with Crippen molar-refractivity contribution in [1.82, 2.24) is 24.9 Å². The molecular weight excluding hydrogens is 304 g/mol. The zero-order valence-corrected chi connectivity index (χ0v) is 13.8. The van der Waals surface area contributed by atoms with Crippen LogP contribution in [0.15, 0.2) is 30.9 Å². The van der Waals surface area contributed by atoms with E-state index in [0.717, 1.165) is 42.2 Å². The number of anilines is 3. The Morgan fingerprint density at radius 2 is 2.17 bits per heavy atom. The van der Waals surface area contributed by atoms with Crippen molar-refractivity contribution in [3.05, 3.63) is 30.9 Å². The molecule has 8 heteroatoms. The van der Waals surface area contributed by atoms with Crippen molar-refractivity contribution in [2.75, 3.05) is 42.3 Å². The fourth-order valence-electron chi connectivity index (χ4n) is 3.03. The predicted octanol–water partition coefficient (Wildman–Crippen LogP) is 1.50. The first-order valence-corrected chi connectivity index (χ1v) is 8.00. The van der Waals surface area contributed by atoms with Gasteiger partial charge in [-0.1, -0.05) is 0 Å². The summed E-state index contributed by atoms with van der Waals surface area (Å²) in [5.74, 6) is 2.55. The number of hydrogen-bond acceptors (Lipinski definition) is 7. The van der Waals surface area contributed by atoms with E-state index >= 15 is 0 Å². The highest BCUT2D eigenvalue weighted by atomic mass is 15.3. The standard InChI is InChI=1S/C16H20N8/c1-23(2)16-18-7-4-13(22-16)21-11-5-8-24(9-11)15-12-3-6-17-14(12)19-10-20-15/h3-4,6-7,10-11H,5,8-9H2,1-2H3,(H,17,19,20)(H,18,21,22). The fraction of sp³-hybridized carbons (Fsp3) is 0.375. The number of hydrogen-bond donors (Lipinski definition) is 2. The molecule has 2 N–H and O–H groups in total. The quantitative estimate of drug-likeness (QED) is 0.752. The van der Waals surface area contributed by atoms with Gasteiger partial charge in [-0.25, -0.2) is 15.0 Å². The summed E-state index contributed by atoms with van der Waals surface area (Å²) in [5, 5.41) is 4.57. The Morgan fingerprint density at radius 3 is 3.04 bits per heavy atom. The third-order valence-electron chi connectivity index (χ3n) is 4.22. The van der Waals surface area contributed by atoms with Crippen molar-refractivity contribution in [3.63, 3.8) is 0 Å². The summed E-state index contributed by atoms with van der Waals surface area (Å²) in [6, 6.07) is 4.27. The molecule has 1 atom stereocenters. The van der Waals surface area contributed by atoms with Crippen LogP contribution in [0.25, 0.3) is 11.0 Å². The molecule has 1 saturated heterocycles. The lowest BCUT2D eigenvalue weighted by Crippen LogP contribution is -2.27. The van der Waals surface area contributed by atoms with Crippen LogP contribution in [0.3, 0.4) is 0 Å². The van der Waals surface area contributed by atoms with E-state index < -0.39 is 0 Å². The molecule has 24 heavy (non-hydrogen) atoms. The minimum Gasteiger partial charge on any atom is -0.365 e. The molecular formula is C16H20N8. The molecule has 0 amide bonds. The fourth-order valence-corrected chi connectivity index (χ4v) is 3.03. The molecule has 8 nitrogen and oxygen atoms in total. The first-order valence-electron chi connectivity index (χ1n) is 8.00. The van der Waals surface area contributed by atoms with Gasteiger partial charge >= 0.3 is 0 Å². The van der Waals surface area contributed by atoms with Crippen molar-refractivity contribution in [3.8, 4) is 0 Å². The van der Waals surface area contributed by atoms with Crippen molar-refractivity contribution >= 4 is 28.6 Å². The lowest BCUT2D eigenvalue weighted by molar-refractivity contribution is 0.797. The van der Waals surface area contributed by atoms with Crippen LogP contribution in [0, 0.1) is 0 Å². The highest BCUT2D eigenvalue weighted by molar-refractivity contribution is 5.87. The van der Waals surface area contributed by atoms with E-state index in [1.54, 1.807) is 12.5 Å². The molecule has 0 aromatic carbocycles. The summed E-state index contributed by atoms with van der Waals surface area (Å²) in [5.41, 5.74) is 0.878. The minimum absolute atomic E-state index is 0.332. The highest BCUT2D eigenvalue weighted by Gasteiger charge is 2.25. The summed E-state index contributed by atoms with van der Waals surface area (Å²) in [6.45, 7) is 1.85. The van der Waals surface area contributed by atoms with Crippen LogP contribution in [0.4, 0.5) is 17.6 Å². The maximum atomic E-state index is 4.53. The summed E-state index contributed by atoms with van der Waals surface area (Å²) in [7, 11) is 3.88. The molecule has 1 aliphatic heterocycles. The average Bonchev–Trinajstić information content (AvgIpc) is 3.23. The van der Waals surface area contributed by atoms with E-state index in [9.17, 15) is 0 Å². The molecule has 3 aromatic heterocycles. The first kappa shape index (κ1) is 14.7. The van der Waals surface area contributed by atoms with Gasteiger partial charge in [0.1, 0.15) is 23.6 Å². The Labute approximate surface area is 140 Å². The zero-order valence-electron chi connectivity index (χ0n) is 13.8. The molecule has 4 heterocycles. The lowest BCUT2D eigenvalue weighted by Gasteiger charge is -2.19. The summed E-state index contributed by atoms with van der Waals surface area (Å²) in [4.78, 5) is 24.8. The second-order valence-corrected chi connectivity index (χ2v) is 6.15. The van der Waals surface area contributed by atoms with Gasteiger partial charge in [0.15, 0.2) is 0 Å². The number of nitrogens with one attached hydrogen (secondary N) is 2. The van der Waals surface area contributed by atoms with Crippen molar-refractivity contribution in [2.45, 2.75) is 12.5 Å². The molecule has 1 unspecified atom stereocenters. The van der Waals surface area contributed by atoms with Gasteiger partial charge in [-0.15, -0.1) is 0 Å². The van der Waals surface area contributed by atoms with E-state index in [1.165, 1.54) is 0 Å². The molecule has 0 radical (unpaired) electrons. The van der Waals surface area contributed by atoms with Gasteiger partial charge in [-0.05, 0) is 18.6 Å². The van der Waals surface area contributed by atoms with Crippen LogP contribution in [-0.2, 0) is 0 Å². The van der Waals surface area contributed by atoms with Gasteiger partial charge in [0.2, 0.25) is 5.95 Å². The van der Waals surface area contributed by atoms with E-state index in [0.29, 0.717) is 12.0 Å². The van der Waals surface area contributed by atoms with Crippen LogP contribution in [0.5, 0.6) is 0 Å². The predicted molar refractivity (Wildman–Crippen MR) is 94.5 cm³/mol.